The average Bonchev–Trinajstić information content (AvgIpc) is 2.75. The lowest BCUT2D eigenvalue weighted by Crippen LogP contribution is -2.41. The second-order valence-electron chi connectivity index (χ2n) is 7.93. The highest BCUT2D eigenvalue weighted by atomic mass is 32.2. The Balaban J connectivity index is 1.37. The van der Waals surface area contributed by atoms with Crippen LogP contribution < -0.4 is 5.32 Å². The monoisotopic (exact) mass is 422 g/mol. The number of fused-ring (bicyclic) bond motifs is 1. The molecule has 0 atom stereocenters. The molecule has 1 saturated heterocycles. The molecule has 3 aromatic rings. The van der Waals surface area contributed by atoms with E-state index in [0.717, 1.165) is 27.6 Å². The first kappa shape index (κ1) is 20.6. The van der Waals surface area contributed by atoms with Crippen LogP contribution in [0.2, 0.25) is 0 Å². The van der Waals surface area contributed by atoms with E-state index in [4.69, 9.17) is 0 Å². The maximum Gasteiger partial charge on any atom is 0.227 e. The number of amides is 1. The lowest BCUT2D eigenvalue weighted by molar-refractivity contribution is -0.120. The first-order chi connectivity index (χ1) is 14.4. The van der Waals surface area contributed by atoms with Crippen molar-refractivity contribution < 1.29 is 13.2 Å². The Morgan fingerprint density at radius 1 is 0.967 bits per heavy atom. The van der Waals surface area contributed by atoms with Crippen LogP contribution in [0.5, 0.6) is 0 Å². The third-order valence-corrected chi connectivity index (χ3v) is 7.59. The van der Waals surface area contributed by atoms with E-state index in [1.54, 1.807) is 0 Å². The molecule has 5 nitrogen and oxygen atoms in total. The number of nitrogens with zero attached hydrogens (tertiary/aromatic N) is 1. The maximum atomic E-state index is 12.8. The van der Waals surface area contributed by atoms with E-state index in [1.165, 1.54) is 4.31 Å². The zero-order valence-corrected chi connectivity index (χ0v) is 17.9. The summed E-state index contributed by atoms with van der Waals surface area (Å²) in [7, 11) is -3.38. The van der Waals surface area contributed by atoms with Crippen molar-refractivity contribution in [3.05, 3.63) is 77.9 Å². The fraction of sp³-hybridized carbons (Fsp3) is 0.292. The third kappa shape index (κ3) is 4.55. The van der Waals surface area contributed by atoms with Gasteiger partial charge in [0, 0.05) is 30.1 Å². The molecule has 156 valence electrons. The summed E-state index contributed by atoms with van der Waals surface area (Å²) in [4.78, 5) is 12.8. The second kappa shape index (κ2) is 8.58. The van der Waals surface area contributed by atoms with Crippen LogP contribution >= 0.6 is 0 Å². The lowest BCUT2D eigenvalue weighted by atomic mass is 9.97. The van der Waals surface area contributed by atoms with Gasteiger partial charge in [-0.2, -0.15) is 0 Å². The van der Waals surface area contributed by atoms with Crippen LogP contribution in [0.4, 0.5) is 5.69 Å². The van der Waals surface area contributed by atoms with Crippen LogP contribution in [0.15, 0.2) is 66.7 Å². The summed E-state index contributed by atoms with van der Waals surface area (Å²) in [6.07, 6.45) is 1.06. The first-order valence-corrected chi connectivity index (χ1v) is 11.9. The van der Waals surface area contributed by atoms with Gasteiger partial charge in [0.25, 0.3) is 0 Å². The molecule has 1 N–H and O–H groups in total. The molecule has 0 aliphatic carbocycles. The van der Waals surface area contributed by atoms with Crippen LogP contribution in [0.1, 0.15) is 24.0 Å². The first-order valence-electron chi connectivity index (χ1n) is 10.2. The van der Waals surface area contributed by atoms with Crippen LogP contribution in [0.25, 0.3) is 10.8 Å². The number of rotatable bonds is 5. The molecular weight excluding hydrogens is 396 g/mol. The predicted octanol–water partition coefficient (Wildman–Crippen LogP) is 4.33. The van der Waals surface area contributed by atoms with Gasteiger partial charge >= 0.3 is 0 Å². The molecule has 1 aliphatic heterocycles. The second-order valence-corrected chi connectivity index (χ2v) is 9.90. The van der Waals surface area contributed by atoms with Gasteiger partial charge in [0.15, 0.2) is 0 Å². The van der Waals surface area contributed by atoms with E-state index in [-0.39, 0.29) is 17.6 Å². The van der Waals surface area contributed by atoms with E-state index in [0.29, 0.717) is 25.9 Å². The number of hydrogen-bond donors (Lipinski definition) is 1. The van der Waals surface area contributed by atoms with Crippen LogP contribution in [0, 0.1) is 12.8 Å². The summed E-state index contributed by atoms with van der Waals surface area (Å²) < 4.78 is 27.1. The number of anilines is 1. The topological polar surface area (TPSA) is 66.5 Å². The van der Waals surface area contributed by atoms with E-state index >= 15 is 0 Å². The van der Waals surface area contributed by atoms with Gasteiger partial charge in [-0.25, -0.2) is 12.7 Å². The highest BCUT2D eigenvalue weighted by Gasteiger charge is 2.31. The van der Waals surface area contributed by atoms with Crippen molar-refractivity contribution >= 4 is 32.4 Å². The van der Waals surface area contributed by atoms with E-state index in [2.05, 4.69) is 5.32 Å². The Kier molecular flexibility index (Phi) is 5.88. The molecule has 1 amide bonds. The van der Waals surface area contributed by atoms with E-state index < -0.39 is 10.0 Å². The normalized spacial score (nSPS) is 15.9. The number of carbonyl (C=O) groups excluding carboxylic acids is 1. The van der Waals surface area contributed by atoms with Crippen molar-refractivity contribution in [2.75, 3.05) is 18.4 Å². The molecule has 4 rings (SSSR count). The fourth-order valence-corrected chi connectivity index (χ4v) is 5.51. The Morgan fingerprint density at radius 2 is 1.63 bits per heavy atom. The minimum atomic E-state index is -3.38. The molecule has 0 bridgehead atoms. The molecule has 0 unspecified atom stereocenters. The van der Waals surface area contributed by atoms with Crippen molar-refractivity contribution in [1.29, 1.82) is 0 Å². The number of sulfonamides is 1. The molecule has 6 heteroatoms. The molecule has 3 aromatic carbocycles. The van der Waals surface area contributed by atoms with Crippen LogP contribution in [-0.4, -0.2) is 31.7 Å². The SMILES string of the molecule is Cc1ccc(CS(=O)(=O)N2CCC(C(=O)Nc3cccc4ccccc34)CC2)cc1. The van der Waals surface area contributed by atoms with Gasteiger partial charge in [0.1, 0.15) is 0 Å². The van der Waals surface area contributed by atoms with Crippen molar-refractivity contribution in [3.8, 4) is 0 Å². The Bertz CT molecular complexity index is 1140. The molecule has 0 spiro atoms. The highest BCUT2D eigenvalue weighted by molar-refractivity contribution is 7.88. The zero-order chi connectivity index (χ0) is 21.1. The highest BCUT2D eigenvalue weighted by Crippen LogP contribution is 2.26. The minimum Gasteiger partial charge on any atom is -0.325 e. The molecule has 1 aliphatic rings. The van der Waals surface area contributed by atoms with E-state index in [1.807, 2.05) is 73.7 Å². The summed E-state index contributed by atoms with van der Waals surface area (Å²) in [5.74, 6) is -0.225. The van der Waals surface area contributed by atoms with Gasteiger partial charge < -0.3 is 5.32 Å². The van der Waals surface area contributed by atoms with Gasteiger partial charge in [-0.3, -0.25) is 4.79 Å². The van der Waals surface area contributed by atoms with Crippen molar-refractivity contribution in [1.82, 2.24) is 4.31 Å². The smallest absolute Gasteiger partial charge is 0.227 e. The van der Waals surface area contributed by atoms with E-state index in [9.17, 15) is 13.2 Å². The minimum absolute atomic E-state index is 0.000147. The quantitative estimate of drug-likeness (QED) is 0.666. The number of piperidine rings is 1. The standard InChI is InChI=1S/C24H26N2O3S/c1-18-9-11-19(12-10-18)17-30(28,29)26-15-13-21(14-16-26)24(27)25-23-8-4-6-20-5-2-3-7-22(20)23/h2-12,21H,13-17H2,1H3,(H,25,27). The summed E-state index contributed by atoms with van der Waals surface area (Å²) in [5, 5.41) is 5.13. The van der Waals surface area contributed by atoms with Crippen molar-refractivity contribution in [2.45, 2.75) is 25.5 Å². The van der Waals surface area contributed by atoms with Crippen molar-refractivity contribution in [3.63, 3.8) is 0 Å². The number of nitrogens with one attached hydrogen (secondary N) is 1. The molecule has 1 heterocycles. The summed E-state index contributed by atoms with van der Waals surface area (Å²) in [6, 6.07) is 21.4. The largest absolute Gasteiger partial charge is 0.325 e. The summed E-state index contributed by atoms with van der Waals surface area (Å²) in [6.45, 7) is 2.73. The Labute approximate surface area is 177 Å². The maximum absolute atomic E-state index is 12.8. The van der Waals surface area contributed by atoms with Crippen LogP contribution in [0.3, 0.4) is 0 Å². The third-order valence-electron chi connectivity index (χ3n) is 5.74. The van der Waals surface area contributed by atoms with Gasteiger partial charge in [-0.1, -0.05) is 66.2 Å². The van der Waals surface area contributed by atoms with Gasteiger partial charge in [-0.05, 0) is 36.8 Å². The fourth-order valence-electron chi connectivity index (χ4n) is 3.95. The number of carbonyl (C=O) groups is 1. The Morgan fingerprint density at radius 3 is 2.37 bits per heavy atom. The molecule has 1 fully saturated rings. The molecule has 0 radical (unpaired) electrons. The van der Waals surface area contributed by atoms with Crippen molar-refractivity contribution in [2.24, 2.45) is 5.92 Å². The molecular formula is C24H26N2O3S. The summed E-state index contributed by atoms with van der Waals surface area (Å²) >= 11 is 0. The average molecular weight is 423 g/mol. The Hall–Kier alpha value is -2.70. The molecule has 30 heavy (non-hydrogen) atoms. The lowest BCUT2D eigenvalue weighted by Gasteiger charge is -2.30. The molecule has 0 saturated carbocycles. The molecule has 0 aromatic heterocycles. The zero-order valence-electron chi connectivity index (χ0n) is 17.0. The number of benzene rings is 3. The predicted molar refractivity (Wildman–Crippen MR) is 121 cm³/mol. The van der Waals surface area contributed by atoms with Gasteiger partial charge in [-0.15, -0.1) is 0 Å². The van der Waals surface area contributed by atoms with Gasteiger partial charge in [0.2, 0.25) is 15.9 Å². The summed E-state index contributed by atoms with van der Waals surface area (Å²) in [5.41, 5.74) is 2.69. The van der Waals surface area contributed by atoms with Crippen LogP contribution in [-0.2, 0) is 20.6 Å². The number of aryl methyl sites for hydroxylation is 1. The van der Waals surface area contributed by atoms with Gasteiger partial charge in [0.05, 0.1) is 5.75 Å². The number of hydrogen-bond acceptors (Lipinski definition) is 3.